The Balaban J connectivity index is 2.95. The van der Waals surface area contributed by atoms with Crippen LogP contribution in [0.5, 0.6) is 0 Å². The highest BCUT2D eigenvalue weighted by molar-refractivity contribution is 9.10. The summed E-state index contributed by atoms with van der Waals surface area (Å²) in [6.45, 7) is 0. The normalized spacial score (nSPS) is 9.38. The average Bonchev–Trinajstić information content (AvgIpc) is 2.15. The Hall–Kier alpha value is -0.880. The second-order valence-corrected chi connectivity index (χ2v) is 3.41. The van der Waals surface area contributed by atoms with Gasteiger partial charge in [-0.2, -0.15) is 0 Å². The largest absolute Gasteiger partial charge is 0.290 e. The van der Waals surface area contributed by atoms with Crippen molar-refractivity contribution in [3.63, 3.8) is 0 Å². The smallest absolute Gasteiger partial charge is 0.162 e. The molecule has 13 heavy (non-hydrogen) atoms. The molecule has 6 heteroatoms. The molecule has 1 aromatic heterocycles. The van der Waals surface area contributed by atoms with Gasteiger partial charge in [-0.3, -0.25) is 15.1 Å². The van der Waals surface area contributed by atoms with Crippen LogP contribution < -0.4 is 0 Å². The van der Waals surface area contributed by atoms with Gasteiger partial charge in [0.25, 0.3) is 0 Å². The van der Waals surface area contributed by atoms with E-state index in [2.05, 4.69) is 33.7 Å². The van der Waals surface area contributed by atoms with E-state index in [0.717, 1.165) is 10.6 Å². The first-order chi connectivity index (χ1) is 6.15. The molecule has 0 saturated carbocycles. The molecular formula is C7H7BrN4S. The maximum atomic E-state index is 7.55. The van der Waals surface area contributed by atoms with Crippen molar-refractivity contribution < 1.29 is 0 Å². The molecule has 0 saturated heterocycles. The zero-order valence-electron chi connectivity index (χ0n) is 6.53. The second kappa shape index (κ2) is 4.38. The number of hydrogen-bond acceptors (Lipinski definition) is 4. The van der Waals surface area contributed by atoms with Crippen molar-refractivity contribution in [3.05, 3.63) is 28.5 Å². The number of hydrogen-bond donors (Lipinski definition) is 3. The van der Waals surface area contributed by atoms with E-state index < -0.39 is 0 Å². The first kappa shape index (κ1) is 10.2. The average molecular weight is 259 g/mol. The van der Waals surface area contributed by atoms with E-state index in [-0.39, 0.29) is 5.84 Å². The molecule has 0 spiro atoms. The van der Waals surface area contributed by atoms with Gasteiger partial charge in [-0.25, -0.2) is 4.98 Å². The summed E-state index contributed by atoms with van der Waals surface area (Å²) < 4.78 is 1.73. The Morgan fingerprint density at radius 1 is 1.62 bits per heavy atom. The molecule has 0 amide bonds. The lowest BCUT2D eigenvalue weighted by Crippen LogP contribution is -2.20. The van der Waals surface area contributed by atoms with Gasteiger partial charge in [0, 0.05) is 0 Å². The van der Waals surface area contributed by atoms with Crippen molar-refractivity contribution in [2.75, 3.05) is 0 Å². The van der Waals surface area contributed by atoms with E-state index in [1.165, 1.54) is 0 Å². The van der Waals surface area contributed by atoms with Crippen LogP contribution in [0.3, 0.4) is 0 Å². The van der Waals surface area contributed by atoms with Gasteiger partial charge in [-0.05, 0) is 28.1 Å². The van der Waals surface area contributed by atoms with Gasteiger partial charge in [0.1, 0.15) is 10.3 Å². The van der Waals surface area contributed by atoms with E-state index in [0.29, 0.717) is 10.3 Å². The summed E-state index contributed by atoms with van der Waals surface area (Å²) in [4.78, 5) is 4.04. The number of rotatable bonds is 2. The summed E-state index contributed by atoms with van der Waals surface area (Å²) >= 11 is 7.07. The van der Waals surface area contributed by atoms with Crippen LogP contribution in [0, 0.1) is 10.8 Å². The highest BCUT2D eigenvalue weighted by Crippen LogP contribution is 2.08. The van der Waals surface area contributed by atoms with Gasteiger partial charge in [-0.15, -0.1) is 0 Å². The zero-order chi connectivity index (χ0) is 9.84. The number of pyridine rings is 1. The number of amidine groups is 1. The number of halogens is 1. The molecule has 0 aliphatic heterocycles. The SMILES string of the molecule is N=CN(S)C(=N)c1cccc(Br)n1. The number of nitrogens with one attached hydrogen (secondary N) is 2. The Kier molecular flexibility index (Phi) is 3.44. The van der Waals surface area contributed by atoms with Gasteiger partial charge in [0.05, 0.1) is 6.34 Å². The molecular weight excluding hydrogens is 252 g/mol. The third-order valence-corrected chi connectivity index (χ3v) is 2.07. The summed E-state index contributed by atoms with van der Waals surface area (Å²) in [5.74, 6) is 0.0691. The van der Waals surface area contributed by atoms with Gasteiger partial charge in [0.15, 0.2) is 5.84 Å². The van der Waals surface area contributed by atoms with Crippen molar-refractivity contribution in [3.8, 4) is 0 Å². The highest BCUT2D eigenvalue weighted by Gasteiger charge is 2.07. The van der Waals surface area contributed by atoms with Crippen LogP contribution in [0.1, 0.15) is 5.69 Å². The molecule has 1 heterocycles. The molecule has 0 fully saturated rings. The Bertz CT molecular complexity index is 341. The predicted octanol–water partition coefficient (Wildman–Crippen LogP) is 1.92. The molecule has 0 aliphatic carbocycles. The quantitative estimate of drug-likeness (QED) is 0.329. The van der Waals surface area contributed by atoms with Crippen LogP contribution in [0.15, 0.2) is 22.8 Å². The first-order valence-corrected chi connectivity index (χ1v) is 4.54. The Morgan fingerprint density at radius 3 is 2.85 bits per heavy atom. The van der Waals surface area contributed by atoms with Gasteiger partial charge in [0.2, 0.25) is 0 Å². The van der Waals surface area contributed by atoms with E-state index in [1.807, 2.05) is 0 Å². The van der Waals surface area contributed by atoms with E-state index in [9.17, 15) is 0 Å². The van der Waals surface area contributed by atoms with Crippen LogP contribution in [0.4, 0.5) is 0 Å². The molecule has 4 nitrogen and oxygen atoms in total. The lowest BCUT2D eigenvalue weighted by molar-refractivity contribution is 1.00. The third-order valence-electron chi connectivity index (χ3n) is 1.31. The topological polar surface area (TPSA) is 63.8 Å². The molecule has 2 N–H and O–H groups in total. The van der Waals surface area contributed by atoms with Gasteiger partial charge >= 0.3 is 0 Å². The van der Waals surface area contributed by atoms with Crippen LogP contribution in [0.2, 0.25) is 0 Å². The molecule has 1 rings (SSSR count). The highest BCUT2D eigenvalue weighted by atomic mass is 79.9. The van der Waals surface area contributed by atoms with Crippen LogP contribution in [0.25, 0.3) is 0 Å². The van der Waals surface area contributed by atoms with Crippen molar-refractivity contribution in [2.45, 2.75) is 0 Å². The lowest BCUT2D eigenvalue weighted by atomic mass is 10.3. The summed E-state index contributed by atoms with van der Waals surface area (Å²) in [7, 11) is 0. The minimum absolute atomic E-state index is 0.0691. The Morgan fingerprint density at radius 2 is 2.31 bits per heavy atom. The Labute approximate surface area is 89.7 Å². The minimum Gasteiger partial charge on any atom is -0.290 e. The van der Waals surface area contributed by atoms with Crippen molar-refractivity contribution in [2.24, 2.45) is 0 Å². The molecule has 0 bridgehead atoms. The fourth-order valence-corrected chi connectivity index (χ4v) is 1.17. The first-order valence-electron chi connectivity index (χ1n) is 3.35. The van der Waals surface area contributed by atoms with Gasteiger partial charge in [-0.1, -0.05) is 18.9 Å². The van der Waals surface area contributed by atoms with Gasteiger partial charge < -0.3 is 0 Å². The summed E-state index contributed by atoms with van der Waals surface area (Å²) in [5.41, 5.74) is 0.466. The number of thiol groups is 1. The number of aromatic nitrogens is 1. The molecule has 1 aromatic rings. The maximum Gasteiger partial charge on any atom is 0.162 e. The molecule has 0 radical (unpaired) electrons. The molecule has 0 aromatic carbocycles. The summed E-state index contributed by atoms with van der Waals surface area (Å²) in [5, 5.41) is 14.4. The fourth-order valence-electron chi connectivity index (χ4n) is 0.722. The summed E-state index contributed by atoms with van der Waals surface area (Å²) in [6, 6.07) is 5.22. The van der Waals surface area contributed by atoms with E-state index in [1.54, 1.807) is 18.2 Å². The van der Waals surface area contributed by atoms with E-state index in [4.69, 9.17) is 10.8 Å². The zero-order valence-corrected chi connectivity index (χ0v) is 9.01. The standard InChI is InChI=1S/C7H7BrN4S/c8-6-3-1-2-5(11-6)7(10)12(13)4-9/h1-4,9-10,13H. The summed E-state index contributed by atoms with van der Waals surface area (Å²) in [6.07, 6.45) is 0.939. The number of nitrogens with zero attached hydrogens (tertiary/aromatic N) is 2. The van der Waals surface area contributed by atoms with Crippen molar-refractivity contribution in [1.82, 2.24) is 9.29 Å². The fraction of sp³-hybridized carbons (Fsp3) is 0. The maximum absolute atomic E-state index is 7.55. The van der Waals surface area contributed by atoms with Crippen molar-refractivity contribution >= 4 is 40.9 Å². The predicted molar refractivity (Wildman–Crippen MR) is 58.4 cm³/mol. The molecule has 0 atom stereocenters. The second-order valence-electron chi connectivity index (χ2n) is 2.17. The monoisotopic (exact) mass is 258 g/mol. The lowest BCUT2D eigenvalue weighted by Gasteiger charge is -2.10. The molecule has 0 aliphatic rings. The van der Waals surface area contributed by atoms with Crippen molar-refractivity contribution in [1.29, 1.82) is 10.8 Å². The minimum atomic E-state index is 0.0691. The van der Waals surface area contributed by atoms with Crippen LogP contribution in [-0.2, 0) is 0 Å². The third kappa shape index (κ3) is 2.53. The van der Waals surface area contributed by atoms with Crippen LogP contribution >= 0.6 is 28.7 Å². The van der Waals surface area contributed by atoms with Crippen LogP contribution in [-0.4, -0.2) is 21.5 Å². The molecule has 68 valence electrons. The van der Waals surface area contributed by atoms with E-state index >= 15 is 0 Å². The molecule has 0 unspecified atom stereocenters.